The molecule has 2 fully saturated rings. The minimum atomic E-state index is -1.03. The molecule has 1 aromatic carbocycles. The maximum Gasteiger partial charge on any atom is 0.303 e. The number of rotatable bonds is 8. The van der Waals surface area contributed by atoms with Crippen LogP contribution in [0.15, 0.2) is 24.3 Å². The predicted molar refractivity (Wildman–Crippen MR) is 140 cm³/mol. The van der Waals surface area contributed by atoms with Gasteiger partial charge in [-0.1, -0.05) is 39.3 Å². The fourth-order valence-corrected chi connectivity index (χ4v) is 3.76. The molecule has 11 heteroatoms. The van der Waals surface area contributed by atoms with Crippen LogP contribution in [-0.2, 0) is 25.7 Å². The Labute approximate surface area is 220 Å². The molecule has 2 heterocycles. The molecule has 1 unspecified atom stereocenters. The van der Waals surface area contributed by atoms with Crippen LogP contribution in [0.4, 0.5) is 0 Å². The summed E-state index contributed by atoms with van der Waals surface area (Å²) in [6.07, 6.45) is 1.16. The van der Waals surface area contributed by atoms with E-state index in [-0.39, 0.29) is 37.7 Å². The zero-order valence-electron chi connectivity index (χ0n) is 23.1. The molecule has 0 bridgehead atoms. The highest BCUT2D eigenvalue weighted by Crippen LogP contribution is 2.26. The first-order valence-corrected chi connectivity index (χ1v) is 12.5. The number of hydrogen-bond acceptors (Lipinski definition) is 7. The Hall–Kier alpha value is -3.18. The average molecular weight is 522 g/mol. The summed E-state index contributed by atoms with van der Waals surface area (Å²) in [5, 5.41) is 14.7. The number of amides is 3. The number of hydrazine groups is 1. The summed E-state index contributed by atoms with van der Waals surface area (Å²) in [7, 11) is 6.80. The molecule has 2 aliphatic heterocycles. The number of aliphatic carboxylic acids is 1. The van der Waals surface area contributed by atoms with E-state index in [1.54, 1.807) is 21.2 Å². The summed E-state index contributed by atoms with van der Waals surface area (Å²) in [5.41, 5.74) is 1.27. The Morgan fingerprint density at radius 1 is 1.22 bits per heavy atom. The van der Waals surface area contributed by atoms with Crippen LogP contribution in [-0.4, -0.2) is 103 Å². The fraction of sp³-hybridized carbons (Fsp3) is 0.615. The van der Waals surface area contributed by atoms with Gasteiger partial charge in [-0.25, -0.2) is 5.01 Å². The number of nitrogens with one attached hydrogen (secondary N) is 1. The van der Waals surface area contributed by atoms with Crippen molar-refractivity contribution in [2.45, 2.75) is 58.8 Å². The highest BCUT2D eigenvalue weighted by Gasteiger charge is 2.47. The molecule has 11 nitrogen and oxygen atoms in total. The molecule has 0 radical (unpaired) electrons. The first-order valence-electron chi connectivity index (χ1n) is 12.5. The van der Waals surface area contributed by atoms with Crippen molar-refractivity contribution in [2.75, 3.05) is 41.3 Å². The quantitative estimate of drug-likeness (QED) is 0.495. The van der Waals surface area contributed by atoms with Gasteiger partial charge in [-0.15, -0.1) is 0 Å². The van der Waals surface area contributed by atoms with Gasteiger partial charge < -0.3 is 25.0 Å². The minimum absolute atomic E-state index is 0.0180. The summed E-state index contributed by atoms with van der Waals surface area (Å²) in [5.74, 6) is 0.190. The van der Waals surface area contributed by atoms with E-state index in [4.69, 9.17) is 9.84 Å². The molecule has 0 aliphatic carbocycles. The van der Waals surface area contributed by atoms with Crippen LogP contribution in [0.1, 0.15) is 45.6 Å². The third-order valence-corrected chi connectivity index (χ3v) is 6.20. The highest BCUT2D eigenvalue weighted by molar-refractivity contribution is 5.90. The zero-order chi connectivity index (χ0) is 28.1. The number of likely N-dealkylation sites (N-methyl/N-ethyl adjacent to an activating group) is 2. The lowest BCUT2D eigenvalue weighted by atomic mass is 10.0. The molecule has 2 saturated heterocycles. The first kappa shape index (κ1) is 31.8. The number of benzene rings is 1. The topological polar surface area (TPSA) is 123 Å². The molecule has 3 rings (SSSR count). The number of nitrogens with zero attached hydrogens (tertiary/aromatic N) is 4. The molecule has 2 aliphatic rings. The molecule has 208 valence electrons. The van der Waals surface area contributed by atoms with E-state index in [0.29, 0.717) is 6.41 Å². The van der Waals surface area contributed by atoms with Gasteiger partial charge in [-0.2, -0.15) is 0 Å². The highest BCUT2D eigenvalue weighted by atomic mass is 16.5. The number of piperazine rings is 1. The Morgan fingerprint density at radius 2 is 1.81 bits per heavy atom. The van der Waals surface area contributed by atoms with Crippen molar-refractivity contribution in [3.8, 4) is 5.75 Å². The number of ether oxygens (including phenoxy) is 1. The molecule has 2 atom stereocenters. The maximum absolute atomic E-state index is 12.2. The van der Waals surface area contributed by atoms with Crippen LogP contribution in [0.5, 0.6) is 5.75 Å². The number of fused-ring (bicyclic) bond motifs is 1. The average Bonchev–Trinajstić information content (AvgIpc) is 2.86. The number of carboxylic acids is 1. The van der Waals surface area contributed by atoms with E-state index >= 15 is 0 Å². The molecular weight excluding hydrogens is 478 g/mol. The standard InChI is InChI=1S/C12H18N4O5.C9H13NO.C5H12/c1-13-5-9-15(7-17)14(2)6-10(18)16(9)8(12(13)21)3-4-11(19)20;1-10-7-8-3-5-9(11-2)6-4-8;1-4-5(2)3/h7-9H,3-6H2,1-2H3,(H,19,20);3-6,10H,7H2,1-2H3;5H,4H2,1-3H3/t8?,9-;;/m1../s1. The maximum atomic E-state index is 12.2. The SMILES string of the molecule is CCC(C)C.CN1C[C@H]2N(C(=O)CN(C)N2C=O)C(CCC(=O)O)C1=O.CNCc1ccc(OC)cc1. The molecule has 37 heavy (non-hydrogen) atoms. The van der Waals surface area contributed by atoms with Gasteiger partial charge in [0.2, 0.25) is 18.2 Å². The Bertz CT molecular complexity index is 879. The Morgan fingerprint density at radius 3 is 2.27 bits per heavy atom. The van der Waals surface area contributed by atoms with Crippen molar-refractivity contribution >= 4 is 24.2 Å². The summed E-state index contributed by atoms with van der Waals surface area (Å²) >= 11 is 0. The molecule has 0 aromatic heterocycles. The molecule has 2 N–H and O–H groups in total. The summed E-state index contributed by atoms with van der Waals surface area (Å²) in [6, 6.07) is 7.19. The molecule has 1 aromatic rings. The van der Waals surface area contributed by atoms with Crippen LogP contribution in [0.3, 0.4) is 0 Å². The second-order valence-electron chi connectivity index (χ2n) is 9.43. The van der Waals surface area contributed by atoms with Crippen molar-refractivity contribution in [3.05, 3.63) is 29.8 Å². The van der Waals surface area contributed by atoms with E-state index in [9.17, 15) is 19.2 Å². The number of methoxy groups -OCH3 is 1. The van der Waals surface area contributed by atoms with Gasteiger partial charge in [-0.3, -0.25) is 24.2 Å². The van der Waals surface area contributed by atoms with Gasteiger partial charge in [0, 0.05) is 27.1 Å². The van der Waals surface area contributed by atoms with Crippen LogP contribution in [0.25, 0.3) is 0 Å². The summed E-state index contributed by atoms with van der Waals surface area (Å²) in [4.78, 5) is 49.2. The molecule has 0 saturated carbocycles. The Balaban J connectivity index is 0.000000356. The molecular formula is C26H43N5O6. The van der Waals surface area contributed by atoms with E-state index in [0.717, 1.165) is 18.2 Å². The number of carbonyl (C=O) groups excluding carboxylic acids is 3. The third kappa shape index (κ3) is 9.66. The van der Waals surface area contributed by atoms with Crippen LogP contribution in [0, 0.1) is 5.92 Å². The third-order valence-electron chi connectivity index (χ3n) is 6.20. The van der Waals surface area contributed by atoms with Gasteiger partial charge in [0.1, 0.15) is 18.0 Å². The van der Waals surface area contributed by atoms with Gasteiger partial charge in [-0.05, 0) is 37.1 Å². The lowest BCUT2D eigenvalue weighted by Crippen LogP contribution is -2.73. The monoisotopic (exact) mass is 521 g/mol. The van der Waals surface area contributed by atoms with E-state index in [1.807, 2.05) is 19.2 Å². The lowest BCUT2D eigenvalue weighted by molar-refractivity contribution is -0.195. The number of hydrogen-bond donors (Lipinski definition) is 2. The van der Waals surface area contributed by atoms with Crippen LogP contribution < -0.4 is 10.1 Å². The summed E-state index contributed by atoms with van der Waals surface area (Å²) in [6.45, 7) is 7.74. The number of carbonyl (C=O) groups is 4. The minimum Gasteiger partial charge on any atom is -0.497 e. The second-order valence-corrected chi connectivity index (χ2v) is 9.43. The van der Waals surface area contributed by atoms with E-state index in [1.165, 1.54) is 31.8 Å². The normalized spacial score (nSPS) is 19.4. The molecule has 3 amide bonds. The van der Waals surface area contributed by atoms with Gasteiger partial charge in [0.05, 0.1) is 20.2 Å². The molecule has 0 spiro atoms. The van der Waals surface area contributed by atoms with Crippen LogP contribution >= 0.6 is 0 Å². The first-order chi connectivity index (χ1) is 17.5. The van der Waals surface area contributed by atoms with Crippen molar-refractivity contribution in [1.82, 2.24) is 25.1 Å². The van der Waals surface area contributed by atoms with Gasteiger partial charge >= 0.3 is 5.97 Å². The van der Waals surface area contributed by atoms with Crippen molar-refractivity contribution < 1.29 is 29.0 Å². The van der Waals surface area contributed by atoms with Crippen molar-refractivity contribution in [3.63, 3.8) is 0 Å². The second kappa shape index (κ2) is 15.8. The Kier molecular flexibility index (Phi) is 13.6. The van der Waals surface area contributed by atoms with Crippen molar-refractivity contribution in [2.24, 2.45) is 5.92 Å². The van der Waals surface area contributed by atoms with Gasteiger partial charge in [0.25, 0.3) is 0 Å². The van der Waals surface area contributed by atoms with E-state index < -0.39 is 18.2 Å². The fourth-order valence-electron chi connectivity index (χ4n) is 3.76. The van der Waals surface area contributed by atoms with Gasteiger partial charge in [0.15, 0.2) is 0 Å². The van der Waals surface area contributed by atoms with E-state index in [2.05, 4.69) is 38.2 Å². The van der Waals surface area contributed by atoms with Crippen LogP contribution in [0.2, 0.25) is 0 Å². The summed E-state index contributed by atoms with van der Waals surface area (Å²) < 4.78 is 5.03. The zero-order valence-corrected chi connectivity index (χ0v) is 23.1. The smallest absolute Gasteiger partial charge is 0.303 e. The predicted octanol–water partition coefficient (Wildman–Crippen LogP) is 1.63. The largest absolute Gasteiger partial charge is 0.497 e. The lowest BCUT2D eigenvalue weighted by Gasteiger charge is -2.53. The van der Waals surface area contributed by atoms with Crippen molar-refractivity contribution in [1.29, 1.82) is 0 Å². The number of carboxylic acid groups (broad SMARTS) is 1.